The third-order valence-electron chi connectivity index (χ3n) is 5.29. The zero-order valence-corrected chi connectivity index (χ0v) is 17.4. The van der Waals surface area contributed by atoms with Crippen molar-refractivity contribution in [1.82, 2.24) is 5.32 Å². The normalized spacial score (nSPS) is 17.9. The third-order valence-corrected chi connectivity index (χ3v) is 5.51. The van der Waals surface area contributed by atoms with E-state index in [4.69, 9.17) is 9.47 Å². The predicted molar refractivity (Wildman–Crippen MR) is 108 cm³/mol. The number of hydrogen-bond acceptors (Lipinski definition) is 4. The largest absolute Gasteiger partial charge is 0.352 e. The van der Waals surface area contributed by atoms with E-state index in [1.54, 1.807) is 0 Å². The van der Waals surface area contributed by atoms with Gasteiger partial charge in [-0.15, -0.1) is 0 Å². The molecule has 146 valence electrons. The van der Waals surface area contributed by atoms with E-state index in [0.717, 1.165) is 43.6 Å². The summed E-state index contributed by atoms with van der Waals surface area (Å²) >= 11 is 4.45. The fourth-order valence-electron chi connectivity index (χ4n) is 2.95. The van der Waals surface area contributed by atoms with Gasteiger partial charge in [-0.25, -0.2) is 0 Å². The SMILES string of the molecule is CCC1(CC)COC(c2ccc(CNC(=O)CCC(C)(C)S)cc2)OC1. The summed E-state index contributed by atoms with van der Waals surface area (Å²) in [6.07, 6.45) is 3.10. The van der Waals surface area contributed by atoms with Gasteiger partial charge in [0.05, 0.1) is 13.2 Å². The number of benzene rings is 1. The zero-order valence-electron chi connectivity index (χ0n) is 16.5. The first-order chi connectivity index (χ1) is 12.3. The van der Waals surface area contributed by atoms with Gasteiger partial charge < -0.3 is 14.8 Å². The Morgan fingerprint density at radius 2 is 1.77 bits per heavy atom. The molecule has 0 bridgehead atoms. The van der Waals surface area contributed by atoms with Crippen LogP contribution in [0.4, 0.5) is 0 Å². The van der Waals surface area contributed by atoms with E-state index in [0.29, 0.717) is 13.0 Å². The van der Waals surface area contributed by atoms with E-state index in [1.165, 1.54) is 0 Å². The quantitative estimate of drug-likeness (QED) is 0.647. The van der Waals surface area contributed by atoms with Crippen LogP contribution in [0.2, 0.25) is 0 Å². The number of rotatable bonds is 8. The maximum Gasteiger partial charge on any atom is 0.220 e. The lowest BCUT2D eigenvalue weighted by Crippen LogP contribution is -2.37. The molecule has 1 aliphatic heterocycles. The van der Waals surface area contributed by atoms with Crippen molar-refractivity contribution in [3.63, 3.8) is 0 Å². The van der Waals surface area contributed by atoms with Gasteiger partial charge >= 0.3 is 0 Å². The molecule has 0 radical (unpaired) electrons. The van der Waals surface area contributed by atoms with Crippen molar-refractivity contribution in [3.8, 4) is 0 Å². The number of amides is 1. The average Bonchev–Trinajstić information content (AvgIpc) is 2.64. The van der Waals surface area contributed by atoms with Crippen molar-refractivity contribution in [2.45, 2.75) is 71.0 Å². The van der Waals surface area contributed by atoms with Crippen LogP contribution in [-0.2, 0) is 20.8 Å². The lowest BCUT2D eigenvalue weighted by Gasteiger charge is -2.39. The molecule has 0 aliphatic carbocycles. The number of carbonyl (C=O) groups excluding carboxylic acids is 1. The summed E-state index contributed by atoms with van der Waals surface area (Å²) in [5.74, 6) is 0.0608. The minimum Gasteiger partial charge on any atom is -0.352 e. The van der Waals surface area contributed by atoms with Gasteiger partial charge in [-0.05, 0) is 24.8 Å². The van der Waals surface area contributed by atoms with E-state index in [1.807, 2.05) is 38.1 Å². The second-order valence-corrected chi connectivity index (χ2v) is 9.20. The summed E-state index contributed by atoms with van der Waals surface area (Å²) in [6.45, 7) is 10.4. The molecule has 0 atom stereocenters. The molecule has 1 saturated heterocycles. The lowest BCUT2D eigenvalue weighted by molar-refractivity contribution is -0.235. The molecule has 1 amide bonds. The van der Waals surface area contributed by atoms with Gasteiger partial charge in [0, 0.05) is 28.7 Å². The molecule has 1 N–H and O–H groups in total. The highest BCUT2D eigenvalue weighted by atomic mass is 32.1. The van der Waals surface area contributed by atoms with Crippen molar-refractivity contribution >= 4 is 18.5 Å². The molecule has 1 aromatic rings. The molecule has 0 saturated carbocycles. The van der Waals surface area contributed by atoms with E-state index in [9.17, 15) is 4.79 Å². The average molecular weight is 380 g/mol. The summed E-state index contributed by atoms with van der Waals surface area (Å²) in [5, 5.41) is 2.96. The lowest BCUT2D eigenvalue weighted by atomic mass is 9.83. The standard InChI is InChI=1S/C21H33NO3S/c1-5-21(6-2)14-24-19(25-15-21)17-9-7-16(8-10-17)13-22-18(23)11-12-20(3,4)26/h7-10,19,26H,5-6,11-15H2,1-4H3,(H,22,23). The molecule has 0 aromatic heterocycles. The summed E-state index contributed by atoms with van der Waals surface area (Å²) in [6, 6.07) is 8.08. The Balaban J connectivity index is 1.81. The van der Waals surface area contributed by atoms with Gasteiger partial charge in [0.2, 0.25) is 5.91 Å². The fraction of sp³-hybridized carbons (Fsp3) is 0.667. The van der Waals surface area contributed by atoms with Gasteiger partial charge in [0.1, 0.15) is 0 Å². The van der Waals surface area contributed by atoms with Crippen molar-refractivity contribution in [2.75, 3.05) is 13.2 Å². The Labute approximate surface area is 163 Å². The predicted octanol–water partition coefficient (Wildman–Crippen LogP) is 4.64. The minimum atomic E-state index is -0.289. The number of thiol groups is 1. The van der Waals surface area contributed by atoms with Crippen LogP contribution in [0.1, 0.15) is 70.8 Å². The molecule has 26 heavy (non-hydrogen) atoms. The molecule has 1 fully saturated rings. The van der Waals surface area contributed by atoms with Crippen LogP contribution in [0.3, 0.4) is 0 Å². The summed E-state index contributed by atoms with van der Waals surface area (Å²) in [5.41, 5.74) is 2.25. The van der Waals surface area contributed by atoms with Crippen LogP contribution >= 0.6 is 12.6 Å². The van der Waals surface area contributed by atoms with Gasteiger partial charge in [-0.3, -0.25) is 4.79 Å². The van der Waals surface area contributed by atoms with Crippen LogP contribution in [0.25, 0.3) is 0 Å². The smallest absolute Gasteiger partial charge is 0.220 e. The van der Waals surface area contributed by atoms with Gasteiger partial charge in [0.25, 0.3) is 0 Å². The first-order valence-corrected chi connectivity index (χ1v) is 10.0. The highest BCUT2D eigenvalue weighted by Gasteiger charge is 2.34. The van der Waals surface area contributed by atoms with E-state index in [2.05, 4.69) is 31.8 Å². The van der Waals surface area contributed by atoms with Crippen LogP contribution in [0.15, 0.2) is 24.3 Å². The summed E-state index contributed by atoms with van der Waals surface area (Å²) in [4.78, 5) is 11.9. The molecule has 1 aliphatic rings. The third kappa shape index (κ3) is 6.29. The van der Waals surface area contributed by atoms with Gasteiger partial charge in [0.15, 0.2) is 6.29 Å². The minimum absolute atomic E-state index is 0.0608. The molecular weight excluding hydrogens is 346 g/mol. The Kier molecular flexibility index (Phi) is 7.56. The number of carbonyl (C=O) groups is 1. The highest BCUT2D eigenvalue weighted by Crippen LogP contribution is 2.36. The van der Waals surface area contributed by atoms with Crippen LogP contribution in [0.5, 0.6) is 0 Å². The molecule has 1 aromatic carbocycles. The molecule has 4 nitrogen and oxygen atoms in total. The molecule has 1 heterocycles. The number of ether oxygens (including phenoxy) is 2. The maximum atomic E-state index is 11.9. The first-order valence-electron chi connectivity index (χ1n) is 9.58. The maximum absolute atomic E-state index is 11.9. The molecule has 0 unspecified atom stereocenters. The van der Waals surface area contributed by atoms with Crippen LogP contribution in [-0.4, -0.2) is 23.9 Å². The topological polar surface area (TPSA) is 47.6 Å². The second kappa shape index (κ2) is 9.25. The Bertz CT molecular complexity index is 566. The van der Waals surface area contributed by atoms with Crippen molar-refractivity contribution < 1.29 is 14.3 Å². The zero-order chi connectivity index (χ0) is 19.2. The molecular formula is C21H33NO3S. The Morgan fingerprint density at radius 1 is 1.19 bits per heavy atom. The fourth-order valence-corrected chi connectivity index (χ4v) is 3.06. The molecule has 2 rings (SSSR count). The van der Waals surface area contributed by atoms with E-state index < -0.39 is 0 Å². The van der Waals surface area contributed by atoms with Gasteiger partial charge in [-0.1, -0.05) is 52.0 Å². The van der Waals surface area contributed by atoms with Crippen molar-refractivity contribution in [1.29, 1.82) is 0 Å². The Hall–Kier alpha value is -1.04. The molecule has 0 spiro atoms. The van der Waals surface area contributed by atoms with Crippen LogP contribution in [0, 0.1) is 5.41 Å². The van der Waals surface area contributed by atoms with Crippen molar-refractivity contribution in [2.24, 2.45) is 5.41 Å². The number of nitrogens with one attached hydrogen (secondary N) is 1. The Morgan fingerprint density at radius 3 is 2.27 bits per heavy atom. The molecule has 5 heteroatoms. The summed E-state index contributed by atoms with van der Waals surface area (Å²) < 4.78 is 11.8. The van der Waals surface area contributed by atoms with Crippen LogP contribution < -0.4 is 5.32 Å². The monoisotopic (exact) mass is 379 g/mol. The number of hydrogen-bond donors (Lipinski definition) is 2. The van der Waals surface area contributed by atoms with E-state index >= 15 is 0 Å². The first kappa shape index (κ1) is 21.3. The van der Waals surface area contributed by atoms with Crippen molar-refractivity contribution in [3.05, 3.63) is 35.4 Å². The second-order valence-electron chi connectivity index (χ2n) is 7.99. The van der Waals surface area contributed by atoms with E-state index in [-0.39, 0.29) is 22.4 Å². The highest BCUT2D eigenvalue weighted by molar-refractivity contribution is 7.81. The summed E-state index contributed by atoms with van der Waals surface area (Å²) in [7, 11) is 0. The van der Waals surface area contributed by atoms with Gasteiger partial charge in [-0.2, -0.15) is 12.6 Å².